The standard InChI is InChI=1S/C76H108N2O2S6/c1-9-15-21-27-29-33-39-57(37-31-23-17-11-3)53-77-71(66-49-47-62(84-66)61-44-43-55(7)81-61)69-70(76(77)80)72(78(75(69)79)54-58(38-32-24-18-12-4)40-34-30-28-22-16-10-2)67-50-48-64(85-67)63-45-46-65(83-63)68-52-60(42-36-26-20-14-6)74(86-68)73-59(51-56(8)82-73)41-35-25-19-13-5/h43-52,57-58H,9-42,53-54H2,1-8H3. The van der Waals surface area contributed by atoms with Crippen LogP contribution in [-0.2, 0) is 22.4 Å². The van der Waals surface area contributed by atoms with Crippen LogP contribution in [0.4, 0.5) is 0 Å². The van der Waals surface area contributed by atoms with Crippen LogP contribution in [0.1, 0.15) is 278 Å². The molecule has 0 saturated carbocycles. The van der Waals surface area contributed by atoms with Crippen LogP contribution in [0.15, 0.2) is 71.8 Å². The molecule has 0 radical (unpaired) electrons. The second kappa shape index (κ2) is 36.5. The van der Waals surface area contributed by atoms with Gasteiger partial charge in [0.1, 0.15) is 0 Å². The van der Waals surface area contributed by atoms with Gasteiger partial charge in [-0.15, -0.1) is 68.0 Å². The maximum atomic E-state index is 16.1. The monoisotopic (exact) mass is 1270 g/mol. The van der Waals surface area contributed by atoms with Crippen LogP contribution in [0.25, 0.3) is 50.4 Å². The Morgan fingerprint density at radius 3 is 1.07 bits per heavy atom. The highest BCUT2D eigenvalue weighted by Gasteiger charge is 2.50. The minimum absolute atomic E-state index is 0.0390. The van der Waals surface area contributed by atoms with Crippen LogP contribution in [0, 0.1) is 25.7 Å². The molecule has 86 heavy (non-hydrogen) atoms. The number of nitrogens with zero attached hydrogens (tertiary/aromatic N) is 2. The van der Waals surface area contributed by atoms with Crippen molar-refractivity contribution in [2.24, 2.45) is 11.8 Å². The van der Waals surface area contributed by atoms with Crippen molar-refractivity contribution in [3.05, 3.63) is 102 Å². The predicted octanol–water partition coefficient (Wildman–Crippen LogP) is 26.1. The molecular weight excluding hydrogens is 1170 g/mol. The van der Waals surface area contributed by atoms with Gasteiger partial charge >= 0.3 is 0 Å². The van der Waals surface area contributed by atoms with E-state index in [1.165, 1.54) is 234 Å². The molecule has 6 aromatic rings. The number of hydrogen-bond acceptors (Lipinski definition) is 8. The Hall–Kier alpha value is -3.38. The lowest BCUT2D eigenvalue weighted by Crippen LogP contribution is -2.34. The second-order valence-corrected chi connectivity index (χ2v) is 32.4. The van der Waals surface area contributed by atoms with E-state index in [9.17, 15) is 0 Å². The SMILES string of the molecule is CCCCCCCCC(CCCCCC)CN1C(=O)C2=C(c3ccc(-c4ccc(-c5cc(CCCCCC)c(-c6sc(C)cc6CCCCCC)s5)s4)s3)N(CC(CCCCCC)CCCCCCCC)C(=O)C2=C1c1ccc(-c2ccc(C)s2)s1. The fraction of sp³-hybridized carbons (Fsp3) is 0.605. The van der Waals surface area contributed by atoms with E-state index in [0.717, 1.165) is 59.7 Å². The minimum Gasteiger partial charge on any atom is -0.306 e. The Labute approximate surface area is 546 Å². The van der Waals surface area contributed by atoms with Crippen molar-refractivity contribution >= 4 is 91.2 Å². The molecule has 470 valence electrons. The first-order chi connectivity index (χ1) is 42.1. The zero-order chi connectivity index (χ0) is 60.6. The predicted molar refractivity (Wildman–Crippen MR) is 385 cm³/mol. The summed E-state index contributed by atoms with van der Waals surface area (Å²) in [5, 5.41) is 0. The summed E-state index contributed by atoms with van der Waals surface area (Å²) < 4.78 is 0. The average Bonchev–Trinajstić information content (AvgIpc) is 1.63. The van der Waals surface area contributed by atoms with E-state index >= 15 is 9.59 Å². The van der Waals surface area contributed by atoms with E-state index in [2.05, 4.69) is 126 Å². The van der Waals surface area contributed by atoms with Crippen LogP contribution >= 0.6 is 68.0 Å². The highest BCUT2D eigenvalue weighted by molar-refractivity contribution is 7.29. The number of hydrogen-bond donors (Lipinski definition) is 0. The van der Waals surface area contributed by atoms with Crippen molar-refractivity contribution in [3.8, 4) is 39.0 Å². The average molecular weight is 1270 g/mol. The second-order valence-electron chi connectivity index (χ2n) is 25.5. The maximum Gasteiger partial charge on any atom is 0.261 e. The number of aryl methyl sites for hydroxylation is 4. The zero-order valence-electron chi connectivity index (χ0n) is 54.5. The van der Waals surface area contributed by atoms with E-state index in [0.29, 0.717) is 36.1 Å². The number of amides is 2. The molecular formula is C76H108N2O2S6. The van der Waals surface area contributed by atoms with Gasteiger partial charge in [0, 0.05) is 61.9 Å². The fourth-order valence-electron chi connectivity index (χ4n) is 13.3. The van der Waals surface area contributed by atoms with Crippen molar-refractivity contribution in [1.29, 1.82) is 0 Å². The Kier molecular flexibility index (Phi) is 29.1. The summed E-state index contributed by atoms with van der Waals surface area (Å²) in [6.45, 7) is 19.6. The molecule has 4 nitrogen and oxygen atoms in total. The van der Waals surface area contributed by atoms with Gasteiger partial charge in [-0.2, -0.15) is 0 Å². The molecule has 2 amide bonds. The van der Waals surface area contributed by atoms with E-state index < -0.39 is 0 Å². The lowest BCUT2D eigenvalue weighted by molar-refractivity contribution is -0.124. The van der Waals surface area contributed by atoms with Gasteiger partial charge in [-0.1, -0.05) is 208 Å². The van der Waals surface area contributed by atoms with Gasteiger partial charge in [-0.05, 0) is 149 Å². The zero-order valence-corrected chi connectivity index (χ0v) is 59.4. The summed E-state index contributed by atoms with van der Waals surface area (Å²) in [7, 11) is 0. The highest BCUT2D eigenvalue weighted by Crippen LogP contribution is 2.53. The van der Waals surface area contributed by atoms with Crippen molar-refractivity contribution in [1.82, 2.24) is 9.80 Å². The fourth-order valence-corrected chi connectivity index (χ4v) is 20.0. The highest BCUT2D eigenvalue weighted by atomic mass is 32.1. The molecule has 0 aliphatic carbocycles. The molecule has 8 rings (SSSR count). The van der Waals surface area contributed by atoms with Crippen LogP contribution in [0.2, 0.25) is 0 Å². The molecule has 0 spiro atoms. The summed E-state index contributed by atoms with van der Waals surface area (Å²) >= 11 is 11.3. The molecule has 6 aromatic heterocycles. The van der Waals surface area contributed by atoms with Crippen molar-refractivity contribution in [3.63, 3.8) is 0 Å². The Balaban J connectivity index is 1.20. The molecule has 0 bridgehead atoms. The quantitative estimate of drug-likeness (QED) is 0.0358. The van der Waals surface area contributed by atoms with Crippen molar-refractivity contribution in [2.45, 2.75) is 274 Å². The van der Waals surface area contributed by atoms with Gasteiger partial charge in [0.25, 0.3) is 11.8 Å². The molecule has 2 atom stereocenters. The summed E-state index contributed by atoms with van der Waals surface area (Å²) in [6.07, 6.45) is 41.9. The first-order valence-electron chi connectivity index (χ1n) is 34.8. The summed E-state index contributed by atoms with van der Waals surface area (Å²) in [5.41, 5.74) is 6.13. The van der Waals surface area contributed by atoms with Gasteiger partial charge in [0.15, 0.2) is 0 Å². The molecule has 8 heterocycles. The molecule has 2 unspecified atom stereocenters. The van der Waals surface area contributed by atoms with E-state index in [-0.39, 0.29) is 11.8 Å². The number of fused-ring (bicyclic) bond motifs is 1. The Bertz CT molecular complexity index is 3050. The van der Waals surface area contributed by atoms with Crippen LogP contribution in [0.5, 0.6) is 0 Å². The summed E-state index contributed by atoms with van der Waals surface area (Å²) in [6, 6.07) is 23.2. The number of unbranched alkanes of at least 4 members (excludes halogenated alkanes) is 22. The van der Waals surface area contributed by atoms with Crippen molar-refractivity contribution < 1.29 is 9.59 Å². The van der Waals surface area contributed by atoms with E-state index in [4.69, 9.17) is 0 Å². The number of rotatable bonds is 44. The van der Waals surface area contributed by atoms with Gasteiger partial charge in [0.2, 0.25) is 0 Å². The normalized spacial score (nSPS) is 14.4. The third-order valence-electron chi connectivity index (χ3n) is 18.2. The largest absolute Gasteiger partial charge is 0.306 e. The lowest BCUT2D eigenvalue weighted by Gasteiger charge is -2.29. The third kappa shape index (κ3) is 18.9. The smallest absolute Gasteiger partial charge is 0.261 e. The number of thiophene rings is 6. The third-order valence-corrected chi connectivity index (χ3v) is 25.5. The first-order valence-corrected chi connectivity index (χ1v) is 39.7. The van der Waals surface area contributed by atoms with Crippen LogP contribution in [0.3, 0.4) is 0 Å². The van der Waals surface area contributed by atoms with E-state index in [1.807, 2.05) is 45.3 Å². The molecule has 2 aliphatic heterocycles. The Morgan fingerprint density at radius 2 is 0.651 bits per heavy atom. The molecule has 10 heteroatoms. The van der Waals surface area contributed by atoms with Gasteiger partial charge in [-0.25, -0.2) is 0 Å². The van der Waals surface area contributed by atoms with Crippen molar-refractivity contribution in [2.75, 3.05) is 13.1 Å². The molecule has 2 aliphatic rings. The maximum absolute atomic E-state index is 16.1. The minimum atomic E-state index is 0.0390. The molecule has 0 N–H and O–H groups in total. The van der Waals surface area contributed by atoms with Gasteiger partial charge in [-0.3, -0.25) is 9.59 Å². The summed E-state index contributed by atoms with van der Waals surface area (Å²) in [4.78, 5) is 52.0. The number of carbonyl (C=O) groups excluding carboxylic acids is 2. The van der Waals surface area contributed by atoms with E-state index in [1.54, 1.807) is 28.2 Å². The Morgan fingerprint density at radius 1 is 0.326 bits per heavy atom. The molecule has 0 saturated heterocycles. The van der Waals surface area contributed by atoms with Gasteiger partial charge in [0.05, 0.1) is 32.3 Å². The lowest BCUT2D eigenvalue weighted by atomic mass is 9.93. The van der Waals surface area contributed by atoms with Crippen LogP contribution in [-0.4, -0.2) is 34.7 Å². The first kappa shape index (κ1) is 68.5. The molecule has 0 aromatic carbocycles. The number of carbonyl (C=O) groups is 2. The summed E-state index contributed by atoms with van der Waals surface area (Å²) in [5.74, 6) is 0.823. The topological polar surface area (TPSA) is 40.6 Å². The molecule has 0 fully saturated rings. The van der Waals surface area contributed by atoms with Gasteiger partial charge < -0.3 is 9.80 Å². The van der Waals surface area contributed by atoms with Crippen LogP contribution < -0.4 is 0 Å².